The van der Waals surface area contributed by atoms with Crippen molar-refractivity contribution in [2.45, 2.75) is 11.1 Å². The summed E-state index contributed by atoms with van der Waals surface area (Å²) in [5.41, 5.74) is 1.31. The Morgan fingerprint density at radius 1 is 1.21 bits per heavy atom. The van der Waals surface area contributed by atoms with E-state index in [2.05, 4.69) is 9.36 Å². The average Bonchev–Trinajstić information content (AvgIpc) is 2.96. The zero-order chi connectivity index (χ0) is 17.3. The molecular formula is C16H11F3N2O2S. The number of carbonyl (C=O) groups excluding carboxylic acids is 1. The first-order valence-corrected chi connectivity index (χ1v) is 8.02. The second kappa shape index (κ2) is 6.20. The monoisotopic (exact) mass is 352 g/mol. The van der Waals surface area contributed by atoms with Crippen LogP contribution in [0.25, 0.3) is 0 Å². The highest BCUT2D eigenvalue weighted by molar-refractivity contribution is 8.01. The Kier molecular flexibility index (Phi) is 4.23. The van der Waals surface area contributed by atoms with Crippen LogP contribution < -0.4 is 4.74 Å². The number of benzene rings is 2. The molecule has 4 nitrogen and oxygen atoms in total. The molecule has 3 rings (SSSR count). The van der Waals surface area contributed by atoms with Gasteiger partial charge in [0.25, 0.3) is 5.91 Å². The molecule has 0 aliphatic carbocycles. The maximum absolute atomic E-state index is 12.8. The lowest BCUT2D eigenvalue weighted by molar-refractivity contribution is -0.137. The van der Waals surface area contributed by atoms with Crippen LogP contribution in [-0.2, 0) is 16.9 Å². The first-order chi connectivity index (χ1) is 11.4. The van der Waals surface area contributed by atoms with E-state index in [-0.39, 0.29) is 0 Å². The van der Waals surface area contributed by atoms with Crippen molar-refractivity contribution >= 4 is 27.8 Å². The Bertz CT molecular complexity index is 876. The molecule has 0 N–H and O–H groups in total. The molecule has 0 bridgehead atoms. The van der Waals surface area contributed by atoms with E-state index in [1.54, 1.807) is 18.2 Å². The fourth-order valence-corrected chi connectivity index (χ4v) is 3.44. The number of ether oxygens (including phenoxy) is 1. The summed E-state index contributed by atoms with van der Waals surface area (Å²) in [5, 5.41) is 0. The summed E-state index contributed by atoms with van der Waals surface area (Å²) < 4.78 is 47.6. The van der Waals surface area contributed by atoms with Crippen LogP contribution in [0.4, 0.5) is 18.9 Å². The van der Waals surface area contributed by atoms with Crippen molar-refractivity contribution in [3.8, 4) is 5.75 Å². The van der Waals surface area contributed by atoms with Crippen molar-refractivity contribution in [3.63, 3.8) is 0 Å². The smallest absolute Gasteiger partial charge is 0.416 e. The average molecular weight is 352 g/mol. The Labute approximate surface area is 138 Å². The van der Waals surface area contributed by atoms with Gasteiger partial charge in [0.1, 0.15) is 5.75 Å². The Hall–Kier alpha value is -2.48. The molecule has 1 heterocycles. The Morgan fingerprint density at radius 3 is 2.71 bits per heavy atom. The van der Waals surface area contributed by atoms with E-state index >= 15 is 0 Å². The summed E-state index contributed by atoms with van der Waals surface area (Å²) in [7, 11) is 0.330. The van der Waals surface area contributed by atoms with Crippen LogP contribution in [0, 0.1) is 0 Å². The minimum Gasteiger partial charge on any atom is -0.497 e. The van der Waals surface area contributed by atoms with Crippen molar-refractivity contribution < 1.29 is 22.7 Å². The molecular weight excluding hydrogens is 341 g/mol. The number of alkyl halides is 3. The number of aliphatic imine (C=N–C) groups is 1. The van der Waals surface area contributed by atoms with Gasteiger partial charge in [-0.15, -0.1) is 0 Å². The number of hydrogen-bond donors (Lipinski definition) is 0. The third kappa shape index (κ3) is 3.23. The number of amides is 1. The molecule has 24 heavy (non-hydrogen) atoms. The number of halogens is 3. The lowest BCUT2D eigenvalue weighted by atomic mass is 10.2. The normalized spacial score (nSPS) is 16.2. The maximum Gasteiger partial charge on any atom is 0.416 e. The fraction of sp³-hybridized carbons (Fsp3) is 0.125. The second-order valence-corrected chi connectivity index (χ2v) is 6.32. The minimum atomic E-state index is -4.45. The largest absolute Gasteiger partial charge is 0.497 e. The minimum absolute atomic E-state index is 0.293. The number of methoxy groups -OCH3 is 1. The van der Waals surface area contributed by atoms with Gasteiger partial charge in [0.05, 0.1) is 28.8 Å². The number of rotatable bonds is 2. The van der Waals surface area contributed by atoms with Crippen LogP contribution in [0.5, 0.6) is 5.75 Å². The molecule has 1 unspecified atom stereocenters. The highest BCUT2D eigenvalue weighted by atomic mass is 32.2. The SMILES string of the molecule is COc1cccc(C(=O)N=S2C=Nc3ccc(C(F)(F)F)cc32)c1. The van der Waals surface area contributed by atoms with E-state index in [9.17, 15) is 18.0 Å². The van der Waals surface area contributed by atoms with E-state index in [1.807, 2.05) is 0 Å². The van der Waals surface area contributed by atoms with Crippen LogP contribution in [0.1, 0.15) is 15.9 Å². The molecule has 2 aromatic rings. The van der Waals surface area contributed by atoms with Gasteiger partial charge in [-0.25, -0.2) is 4.99 Å². The highest BCUT2D eigenvalue weighted by Gasteiger charge is 2.32. The van der Waals surface area contributed by atoms with Gasteiger partial charge in [-0.2, -0.15) is 17.5 Å². The van der Waals surface area contributed by atoms with Crippen molar-refractivity contribution in [3.05, 3.63) is 53.6 Å². The van der Waals surface area contributed by atoms with Crippen LogP contribution >= 0.6 is 0 Å². The molecule has 0 radical (unpaired) electrons. The van der Waals surface area contributed by atoms with Gasteiger partial charge in [-0.3, -0.25) is 4.79 Å². The number of hydrogen-bond acceptors (Lipinski definition) is 3. The van der Waals surface area contributed by atoms with E-state index in [0.717, 1.165) is 12.1 Å². The molecule has 0 saturated heterocycles. The molecule has 0 saturated carbocycles. The number of fused-ring (bicyclic) bond motifs is 1. The van der Waals surface area contributed by atoms with E-state index in [0.29, 0.717) is 21.9 Å². The van der Waals surface area contributed by atoms with Crippen molar-refractivity contribution in [1.82, 2.24) is 0 Å². The summed E-state index contributed by atoms with van der Waals surface area (Å²) in [6.45, 7) is 0. The zero-order valence-electron chi connectivity index (χ0n) is 12.4. The van der Waals surface area contributed by atoms with Gasteiger partial charge in [0.15, 0.2) is 0 Å². The Morgan fingerprint density at radius 2 is 2.00 bits per heavy atom. The molecule has 0 spiro atoms. The molecule has 1 aliphatic heterocycles. The second-order valence-electron chi connectivity index (χ2n) is 4.86. The van der Waals surface area contributed by atoms with Crippen LogP contribution in [0.15, 0.2) is 56.7 Å². The summed E-state index contributed by atoms with van der Waals surface area (Å²) in [5.74, 6) is -0.0341. The van der Waals surface area contributed by atoms with Crippen LogP contribution in [0.2, 0.25) is 0 Å². The molecule has 0 aromatic heterocycles. The molecule has 124 valence electrons. The molecule has 2 aromatic carbocycles. The quantitative estimate of drug-likeness (QED) is 0.805. The fourth-order valence-electron chi connectivity index (χ4n) is 2.10. The van der Waals surface area contributed by atoms with E-state index in [1.165, 1.54) is 24.8 Å². The zero-order valence-corrected chi connectivity index (χ0v) is 13.2. The summed E-state index contributed by atoms with van der Waals surface area (Å²) in [6, 6.07) is 9.66. The van der Waals surface area contributed by atoms with E-state index < -0.39 is 28.3 Å². The first kappa shape index (κ1) is 16.4. The maximum atomic E-state index is 12.8. The molecule has 1 atom stereocenters. The van der Waals surface area contributed by atoms with Gasteiger partial charge < -0.3 is 4.74 Å². The predicted molar refractivity (Wildman–Crippen MR) is 85.0 cm³/mol. The van der Waals surface area contributed by atoms with Gasteiger partial charge in [-0.05, 0) is 47.1 Å². The van der Waals surface area contributed by atoms with Gasteiger partial charge in [0.2, 0.25) is 0 Å². The van der Waals surface area contributed by atoms with Gasteiger partial charge in [-0.1, -0.05) is 6.07 Å². The highest BCUT2D eigenvalue weighted by Crippen LogP contribution is 2.36. The van der Waals surface area contributed by atoms with Crippen LogP contribution in [0.3, 0.4) is 0 Å². The third-order valence-corrected chi connectivity index (χ3v) is 4.75. The van der Waals surface area contributed by atoms with Gasteiger partial charge >= 0.3 is 6.18 Å². The predicted octanol–water partition coefficient (Wildman–Crippen LogP) is 4.39. The summed E-state index contributed by atoms with van der Waals surface area (Å²) in [6.07, 6.45) is -4.45. The van der Waals surface area contributed by atoms with Crippen molar-refractivity contribution in [2.24, 2.45) is 9.36 Å². The van der Waals surface area contributed by atoms with Crippen LogP contribution in [-0.4, -0.2) is 18.6 Å². The number of carbonyl (C=O) groups is 1. The topological polar surface area (TPSA) is 51.0 Å². The summed E-state index contributed by atoms with van der Waals surface area (Å²) in [4.78, 5) is 16.6. The van der Waals surface area contributed by atoms with Gasteiger partial charge in [0, 0.05) is 5.56 Å². The molecule has 1 amide bonds. The Balaban J connectivity index is 1.96. The standard InChI is InChI=1S/C16H11F3N2O2S/c1-23-12-4-2-3-10(7-12)15(22)21-24-9-20-13-6-5-11(8-14(13)24)16(17,18)19/h2-9H,1H3. The molecule has 8 heteroatoms. The third-order valence-electron chi connectivity index (χ3n) is 3.30. The molecule has 1 aliphatic rings. The summed E-state index contributed by atoms with van der Waals surface area (Å²) >= 11 is 0. The van der Waals surface area contributed by atoms with Crippen molar-refractivity contribution in [1.29, 1.82) is 0 Å². The lowest BCUT2D eigenvalue weighted by Gasteiger charge is -2.08. The van der Waals surface area contributed by atoms with E-state index in [4.69, 9.17) is 4.74 Å². The first-order valence-electron chi connectivity index (χ1n) is 6.77. The molecule has 0 fully saturated rings. The van der Waals surface area contributed by atoms with Crippen molar-refractivity contribution in [2.75, 3.05) is 7.11 Å². The number of nitrogens with zero attached hydrogens (tertiary/aromatic N) is 2. The lowest BCUT2D eigenvalue weighted by Crippen LogP contribution is -2.05.